The van der Waals surface area contributed by atoms with E-state index >= 15 is 0 Å². The zero-order chi connectivity index (χ0) is 15.5. The van der Waals surface area contributed by atoms with Gasteiger partial charge in [-0.25, -0.2) is 8.42 Å². The molecule has 1 heterocycles. The average Bonchev–Trinajstić information content (AvgIpc) is 2.76. The zero-order valence-electron chi connectivity index (χ0n) is 12.2. The highest BCUT2D eigenvalue weighted by Gasteiger charge is 2.27. The second-order valence-corrected chi connectivity index (χ2v) is 8.11. The lowest BCUT2D eigenvalue weighted by molar-refractivity contribution is 0.309. The number of rotatable bonds is 6. The third-order valence-corrected chi connectivity index (χ3v) is 5.76. The third-order valence-electron chi connectivity index (χ3n) is 3.40. The third kappa shape index (κ3) is 4.34. The Morgan fingerprint density at radius 2 is 2.19 bits per heavy atom. The maximum atomic E-state index is 11.4. The van der Waals surface area contributed by atoms with Crippen LogP contribution in [0, 0.1) is 0 Å². The van der Waals surface area contributed by atoms with Gasteiger partial charge in [0.1, 0.15) is 0 Å². The lowest BCUT2D eigenvalue weighted by Gasteiger charge is -2.15. The van der Waals surface area contributed by atoms with Gasteiger partial charge >= 0.3 is 0 Å². The summed E-state index contributed by atoms with van der Waals surface area (Å²) in [6, 6.07) is 3.91. The van der Waals surface area contributed by atoms with E-state index in [1.165, 1.54) is 0 Å². The molecule has 118 valence electrons. The first-order chi connectivity index (χ1) is 9.95. The summed E-state index contributed by atoms with van der Waals surface area (Å²) >= 11 is 3.47. The Morgan fingerprint density at radius 1 is 1.43 bits per heavy atom. The summed E-state index contributed by atoms with van der Waals surface area (Å²) in [5.74, 6) is 1.86. The minimum atomic E-state index is -2.85. The maximum Gasteiger partial charge on any atom is 0.174 e. The van der Waals surface area contributed by atoms with Crippen molar-refractivity contribution < 1.29 is 17.9 Å². The summed E-state index contributed by atoms with van der Waals surface area (Å²) in [6.45, 7) is 3.07. The molecule has 0 radical (unpaired) electrons. The molecule has 7 heteroatoms. The lowest BCUT2D eigenvalue weighted by Crippen LogP contribution is -2.29. The van der Waals surface area contributed by atoms with Crippen molar-refractivity contribution >= 4 is 25.8 Å². The van der Waals surface area contributed by atoms with Crippen LogP contribution in [0.15, 0.2) is 16.6 Å². The molecule has 5 nitrogen and oxygen atoms in total. The molecule has 0 bridgehead atoms. The Hall–Kier alpha value is -0.790. The number of hydrogen-bond donors (Lipinski definition) is 1. The number of halogens is 1. The topological polar surface area (TPSA) is 64.6 Å². The number of sulfone groups is 1. The van der Waals surface area contributed by atoms with Gasteiger partial charge in [0.15, 0.2) is 21.3 Å². The van der Waals surface area contributed by atoms with Crippen molar-refractivity contribution in [2.24, 2.45) is 0 Å². The first-order valence-electron chi connectivity index (χ1n) is 6.88. The average molecular weight is 378 g/mol. The molecule has 0 spiro atoms. The molecule has 1 atom stereocenters. The first-order valence-corrected chi connectivity index (χ1v) is 9.49. The maximum absolute atomic E-state index is 11.4. The van der Waals surface area contributed by atoms with Gasteiger partial charge in [0, 0.05) is 12.6 Å². The summed E-state index contributed by atoms with van der Waals surface area (Å²) in [4.78, 5) is 0. The van der Waals surface area contributed by atoms with Crippen LogP contribution >= 0.6 is 15.9 Å². The molecule has 1 aromatic carbocycles. The summed E-state index contributed by atoms with van der Waals surface area (Å²) in [7, 11) is -1.25. The molecule has 21 heavy (non-hydrogen) atoms. The van der Waals surface area contributed by atoms with E-state index in [4.69, 9.17) is 9.47 Å². The molecule has 1 fully saturated rings. The summed E-state index contributed by atoms with van der Waals surface area (Å²) in [6.07, 6.45) is 0.679. The van der Waals surface area contributed by atoms with Crippen LogP contribution in [0.4, 0.5) is 0 Å². The molecule has 0 amide bonds. The van der Waals surface area contributed by atoms with Gasteiger partial charge in [0.25, 0.3) is 0 Å². The molecule has 1 aliphatic heterocycles. The van der Waals surface area contributed by atoms with Gasteiger partial charge in [-0.1, -0.05) is 0 Å². The van der Waals surface area contributed by atoms with Gasteiger partial charge in [-0.05, 0) is 47.0 Å². The standard InChI is InChI=1S/C14H20BrNO4S/c1-3-20-13-7-10(6-12(15)14(13)19-2)8-16-11-4-5-21(17,18)9-11/h6-7,11,16H,3-5,8-9H2,1-2H3. The van der Waals surface area contributed by atoms with Crippen molar-refractivity contribution in [1.82, 2.24) is 5.32 Å². The molecule has 1 aromatic rings. The molecule has 1 saturated heterocycles. The van der Waals surface area contributed by atoms with Crippen LogP contribution in [0.2, 0.25) is 0 Å². The minimum absolute atomic E-state index is 0.0337. The molecular weight excluding hydrogens is 358 g/mol. The largest absolute Gasteiger partial charge is 0.492 e. The number of benzene rings is 1. The van der Waals surface area contributed by atoms with Crippen molar-refractivity contribution in [2.45, 2.75) is 25.9 Å². The van der Waals surface area contributed by atoms with Crippen molar-refractivity contribution in [3.8, 4) is 11.5 Å². The SMILES string of the molecule is CCOc1cc(CNC2CCS(=O)(=O)C2)cc(Br)c1OC. The van der Waals surface area contributed by atoms with Crippen LogP contribution in [0.5, 0.6) is 11.5 Å². The van der Waals surface area contributed by atoms with Gasteiger partial charge in [-0.2, -0.15) is 0 Å². The van der Waals surface area contributed by atoms with Crippen LogP contribution in [-0.2, 0) is 16.4 Å². The van der Waals surface area contributed by atoms with Crippen LogP contribution in [0.25, 0.3) is 0 Å². The van der Waals surface area contributed by atoms with E-state index in [9.17, 15) is 8.42 Å². The summed E-state index contributed by atoms with van der Waals surface area (Å²) in [5, 5.41) is 3.29. The smallest absolute Gasteiger partial charge is 0.174 e. The summed E-state index contributed by atoms with van der Waals surface area (Å²) in [5.41, 5.74) is 1.02. The van der Waals surface area contributed by atoms with E-state index < -0.39 is 9.84 Å². The van der Waals surface area contributed by atoms with Crippen molar-refractivity contribution in [3.63, 3.8) is 0 Å². The fourth-order valence-electron chi connectivity index (χ4n) is 2.40. The highest BCUT2D eigenvalue weighted by Crippen LogP contribution is 2.36. The van der Waals surface area contributed by atoms with Gasteiger partial charge in [0.05, 0.1) is 29.7 Å². The molecule has 0 saturated carbocycles. The molecule has 0 aromatic heterocycles. The van der Waals surface area contributed by atoms with E-state index in [0.717, 1.165) is 10.0 Å². The van der Waals surface area contributed by atoms with Gasteiger partial charge in [-0.3, -0.25) is 0 Å². The Labute approximate surface area is 134 Å². The van der Waals surface area contributed by atoms with E-state index in [2.05, 4.69) is 21.2 Å². The quantitative estimate of drug-likeness (QED) is 0.822. The second kappa shape index (κ2) is 6.98. The van der Waals surface area contributed by atoms with E-state index in [1.54, 1.807) is 7.11 Å². The number of hydrogen-bond acceptors (Lipinski definition) is 5. The van der Waals surface area contributed by atoms with Crippen LogP contribution in [-0.4, -0.2) is 39.7 Å². The van der Waals surface area contributed by atoms with E-state index in [1.807, 2.05) is 19.1 Å². The molecular formula is C14H20BrNO4S. The molecule has 1 N–H and O–H groups in total. The monoisotopic (exact) mass is 377 g/mol. The van der Waals surface area contributed by atoms with Gasteiger partial charge in [-0.15, -0.1) is 0 Å². The molecule has 0 aliphatic carbocycles. The van der Waals surface area contributed by atoms with Crippen LogP contribution in [0.1, 0.15) is 18.9 Å². The predicted octanol–water partition coefficient (Wildman–Crippen LogP) is 2.13. The zero-order valence-corrected chi connectivity index (χ0v) is 14.6. The summed E-state index contributed by atoms with van der Waals surface area (Å²) < 4.78 is 34.6. The van der Waals surface area contributed by atoms with Gasteiger partial charge < -0.3 is 14.8 Å². The normalized spacial score (nSPS) is 20.4. The highest BCUT2D eigenvalue weighted by atomic mass is 79.9. The molecule has 1 aliphatic rings. The number of ether oxygens (including phenoxy) is 2. The van der Waals surface area contributed by atoms with Crippen LogP contribution < -0.4 is 14.8 Å². The van der Waals surface area contributed by atoms with E-state index in [0.29, 0.717) is 31.1 Å². The van der Waals surface area contributed by atoms with E-state index in [-0.39, 0.29) is 17.5 Å². The van der Waals surface area contributed by atoms with Crippen LogP contribution in [0.3, 0.4) is 0 Å². The minimum Gasteiger partial charge on any atom is -0.492 e. The fraction of sp³-hybridized carbons (Fsp3) is 0.571. The number of methoxy groups -OCH3 is 1. The fourth-order valence-corrected chi connectivity index (χ4v) is 4.76. The Bertz CT molecular complexity index is 603. The van der Waals surface area contributed by atoms with Crippen molar-refractivity contribution in [3.05, 3.63) is 22.2 Å². The molecule has 2 rings (SSSR count). The lowest BCUT2D eigenvalue weighted by atomic mass is 10.1. The second-order valence-electron chi connectivity index (χ2n) is 5.02. The van der Waals surface area contributed by atoms with Crippen molar-refractivity contribution in [2.75, 3.05) is 25.2 Å². The van der Waals surface area contributed by atoms with Gasteiger partial charge in [0.2, 0.25) is 0 Å². The van der Waals surface area contributed by atoms with Crippen molar-refractivity contribution in [1.29, 1.82) is 0 Å². The number of nitrogens with one attached hydrogen (secondary N) is 1. The Kier molecular flexibility index (Phi) is 5.51. The highest BCUT2D eigenvalue weighted by molar-refractivity contribution is 9.10. The predicted molar refractivity (Wildman–Crippen MR) is 85.8 cm³/mol. The Morgan fingerprint density at radius 3 is 2.76 bits per heavy atom. The Balaban J connectivity index is 2.06. The first kappa shape index (κ1) is 16.6. The molecule has 1 unspecified atom stereocenters.